The molecule has 0 spiro atoms. The Morgan fingerprint density at radius 3 is 2.19 bits per heavy atom. The maximum absolute atomic E-state index is 12.5. The third-order valence-electron chi connectivity index (χ3n) is 3.65. The van der Waals surface area contributed by atoms with Crippen molar-refractivity contribution >= 4 is 11.8 Å². The van der Waals surface area contributed by atoms with Crippen LogP contribution in [-0.4, -0.2) is 31.6 Å². The number of alkyl halides is 3. The molecule has 1 aliphatic rings. The molecule has 0 aromatic heterocycles. The van der Waals surface area contributed by atoms with Crippen LogP contribution < -0.4 is 9.47 Å². The maximum atomic E-state index is 12.5. The minimum absolute atomic E-state index is 0.0759. The summed E-state index contributed by atoms with van der Waals surface area (Å²) in [5, 5.41) is 0. The van der Waals surface area contributed by atoms with Crippen LogP contribution in [0.1, 0.15) is 26.3 Å². The van der Waals surface area contributed by atoms with Crippen molar-refractivity contribution in [2.24, 2.45) is 0 Å². The van der Waals surface area contributed by atoms with Gasteiger partial charge in [-0.05, 0) is 42.5 Å². The summed E-state index contributed by atoms with van der Waals surface area (Å²) in [6.45, 7) is 0.248. The van der Waals surface area contributed by atoms with E-state index in [1.165, 1.54) is 12.1 Å². The third kappa shape index (κ3) is 3.96. The minimum Gasteiger partial charge on any atom is -0.486 e. The van der Waals surface area contributed by atoms with E-state index < -0.39 is 30.1 Å². The van der Waals surface area contributed by atoms with E-state index in [4.69, 9.17) is 14.2 Å². The average Bonchev–Trinajstić information content (AvgIpc) is 2.64. The van der Waals surface area contributed by atoms with Gasteiger partial charge in [-0.25, -0.2) is 4.79 Å². The van der Waals surface area contributed by atoms with Gasteiger partial charge in [-0.2, -0.15) is 13.2 Å². The number of ketones is 1. The van der Waals surface area contributed by atoms with Crippen molar-refractivity contribution < 1.29 is 37.0 Å². The third-order valence-corrected chi connectivity index (χ3v) is 3.65. The molecule has 26 heavy (non-hydrogen) atoms. The van der Waals surface area contributed by atoms with Gasteiger partial charge in [-0.15, -0.1) is 0 Å². The summed E-state index contributed by atoms with van der Waals surface area (Å²) >= 11 is 0. The molecule has 0 fully saturated rings. The zero-order chi connectivity index (χ0) is 18.7. The van der Waals surface area contributed by atoms with Crippen LogP contribution in [0.25, 0.3) is 0 Å². The Labute approximate surface area is 146 Å². The molecule has 1 aliphatic heterocycles. The first-order chi connectivity index (χ1) is 12.3. The SMILES string of the molecule is O=C(COC(=O)c1ccc(C(F)(F)F)cc1)c1ccc2c(c1)OCCO2. The highest BCUT2D eigenvalue weighted by Gasteiger charge is 2.30. The molecule has 3 rings (SSSR count). The van der Waals surface area contributed by atoms with Crippen molar-refractivity contribution in [3.8, 4) is 11.5 Å². The number of ether oxygens (including phenoxy) is 3. The summed E-state index contributed by atoms with van der Waals surface area (Å²) < 4.78 is 53.1. The van der Waals surface area contributed by atoms with Crippen LogP contribution in [-0.2, 0) is 10.9 Å². The van der Waals surface area contributed by atoms with Crippen molar-refractivity contribution in [1.82, 2.24) is 0 Å². The largest absolute Gasteiger partial charge is 0.486 e. The predicted octanol–water partition coefficient (Wildman–Crippen LogP) is 3.52. The van der Waals surface area contributed by atoms with Crippen molar-refractivity contribution in [3.63, 3.8) is 0 Å². The monoisotopic (exact) mass is 366 g/mol. The molecule has 0 aliphatic carbocycles. The van der Waals surface area contributed by atoms with Gasteiger partial charge in [-0.3, -0.25) is 4.79 Å². The van der Waals surface area contributed by atoms with E-state index in [0.717, 1.165) is 24.3 Å². The van der Waals surface area contributed by atoms with Gasteiger partial charge in [0.05, 0.1) is 11.1 Å². The Morgan fingerprint density at radius 2 is 1.54 bits per heavy atom. The fourth-order valence-corrected chi connectivity index (χ4v) is 2.31. The van der Waals surface area contributed by atoms with Crippen molar-refractivity contribution in [3.05, 3.63) is 59.2 Å². The van der Waals surface area contributed by atoms with Gasteiger partial charge >= 0.3 is 12.1 Å². The molecule has 2 aromatic rings. The molecule has 0 bridgehead atoms. The molecule has 8 heteroatoms. The molecule has 0 saturated carbocycles. The second kappa shape index (κ2) is 7.07. The van der Waals surface area contributed by atoms with Crippen molar-refractivity contribution in [1.29, 1.82) is 0 Å². The number of carbonyl (C=O) groups is 2. The number of rotatable bonds is 4. The smallest absolute Gasteiger partial charge is 0.416 e. The molecule has 0 radical (unpaired) electrons. The van der Waals surface area contributed by atoms with Gasteiger partial charge in [0, 0.05) is 5.56 Å². The number of fused-ring (bicyclic) bond motifs is 1. The van der Waals surface area contributed by atoms with Gasteiger partial charge in [0.1, 0.15) is 13.2 Å². The molecule has 2 aromatic carbocycles. The lowest BCUT2D eigenvalue weighted by Crippen LogP contribution is -2.17. The molecule has 0 saturated heterocycles. The summed E-state index contributed by atoms with van der Waals surface area (Å²) in [4.78, 5) is 24.0. The van der Waals surface area contributed by atoms with Gasteiger partial charge in [0.2, 0.25) is 0 Å². The maximum Gasteiger partial charge on any atom is 0.416 e. The Hall–Kier alpha value is -3.03. The first kappa shape index (κ1) is 17.8. The molecule has 0 amide bonds. The van der Waals surface area contributed by atoms with E-state index in [0.29, 0.717) is 24.7 Å². The summed E-state index contributed by atoms with van der Waals surface area (Å²) in [5.74, 6) is -0.405. The molecule has 5 nitrogen and oxygen atoms in total. The average molecular weight is 366 g/mol. The van der Waals surface area contributed by atoms with Crippen LogP contribution >= 0.6 is 0 Å². The van der Waals surface area contributed by atoms with Crippen LogP contribution in [0, 0.1) is 0 Å². The molecule has 1 heterocycles. The molecular weight excluding hydrogens is 353 g/mol. The van der Waals surface area contributed by atoms with Crippen LogP contribution in [0.4, 0.5) is 13.2 Å². The van der Waals surface area contributed by atoms with E-state index in [-0.39, 0.29) is 11.1 Å². The number of hydrogen-bond acceptors (Lipinski definition) is 5. The first-order valence-electron chi connectivity index (χ1n) is 7.62. The fraction of sp³-hybridized carbons (Fsp3) is 0.222. The normalized spacial score (nSPS) is 13.2. The molecule has 0 unspecified atom stereocenters. The lowest BCUT2D eigenvalue weighted by atomic mass is 10.1. The number of esters is 1. The van der Waals surface area contributed by atoms with Crippen molar-refractivity contribution in [2.75, 3.05) is 19.8 Å². The van der Waals surface area contributed by atoms with Crippen molar-refractivity contribution in [2.45, 2.75) is 6.18 Å². The standard InChI is InChI=1S/C18H13F3O5/c19-18(20,21)13-4-1-11(2-5-13)17(23)26-10-14(22)12-3-6-15-16(9-12)25-8-7-24-15/h1-6,9H,7-8,10H2. The van der Waals surface area contributed by atoms with Gasteiger partial charge in [0.15, 0.2) is 23.9 Å². The molecule has 0 atom stereocenters. The zero-order valence-corrected chi connectivity index (χ0v) is 13.3. The van der Waals surface area contributed by atoms with Gasteiger partial charge in [0.25, 0.3) is 0 Å². The van der Waals surface area contributed by atoms with Crippen LogP contribution in [0.5, 0.6) is 11.5 Å². The fourth-order valence-electron chi connectivity index (χ4n) is 2.31. The van der Waals surface area contributed by atoms with E-state index >= 15 is 0 Å². The van der Waals surface area contributed by atoms with Crippen LogP contribution in [0.2, 0.25) is 0 Å². The lowest BCUT2D eigenvalue weighted by Gasteiger charge is -2.18. The zero-order valence-electron chi connectivity index (χ0n) is 13.3. The second-order valence-electron chi connectivity index (χ2n) is 5.43. The Balaban J connectivity index is 1.61. The van der Waals surface area contributed by atoms with E-state index in [1.807, 2.05) is 0 Å². The summed E-state index contributed by atoms with van der Waals surface area (Å²) in [7, 11) is 0. The van der Waals surface area contributed by atoms with Crippen LogP contribution in [0.3, 0.4) is 0 Å². The van der Waals surface area contributed by atoms with E-state index in [1.54, 1.807) is 6.07 Å². The Bertz CT molecular complexity index is 828. The van der Waals surface area contributed by atoms with E-state index in [2.05, 4.69) is 0 Å². The Morgan fingerprint density at radius 1 is 0.923 bits per heavy atom. The van der Waals surface area contributed by atoms with Gasteiger partial charge < -0.3 is 14.2 Å². The number of hydrogen-bond donors (Lipinski definition) is 0. The topological polar surface area (TPSA) is 61.8 Å². The summed E-state index contributed by atoms with van der Waals surface area (Å²) in [6, 6.07) is 8.14. The predicted molar refractivity (Wildman–Crippen MR) is 83.5 cm³/mol. The lowest BCUT2D eigenvalue weighted by molar-refractivity contribution is -0.137. The van der Waals surface area contributed by atoms with Gasteiger partial charge in [-0.1, -0.05) is 0 Å². The molecule has 136 valence electrons. The first-order valence-corrected chi connectivity index (χ1v) is 7.62. The number of halogens is 3. The second-order valence-corrected chi connectivity index (χ2v) is 5.43. The number of benzene rings is 2. The summed E-state index contributed by atoms with van der Waals surface area (Å²) in [5.41, 5.74) is -0.677. The molecule has 0 N–H and O–H groups in total. The molecular formula is C18H13F3O5. The number of carbonyl (C=O) groups excluding carboxylic acids is 2. The highest BCUT2D eigenvalue weighted by molar-refractivity contribution is 5.99. The minimum atomic E-state index is -4.49. The quantitative estimate of drug-likeness (QED) is 0.612. The van der Waals surface area contributed by atoms with Crippen LogP contribution in [0.15, 0.2) is 42.5 Å². The van der Waals surface area contributed by atoms with E-state index in [9.17, 15) is 22.8 Å². The summed E-state index contributed by atoms with van der Waals surface area (Å²) in [6.07, 6.45) is -4.49. The highest BCUT2D eigenvalue weighted by atomic mass is 19.4. The highest BCUT2D eigenvalue weighted by Crippen LogP contribution is 2.31. The number of Topliss-reactive ketones (excluding diaryl/α,β-unsaturated/α-hetero) is 1. The Kier molecular flexibility index (Phi) is 4.83.